The molecule has 1 aliphatic heterocycles. The average Bonchev–Trinajstić information content (AvgIpc) is 2.73. The lowest BCUT2D eigenvalue weighted by Gasteiger charge is -2.53. The molecule has 1 fully saturated rings. The van der Waals surface area contributed by atoms with Crippen molar-refractivity contribution < 1.29 is 27.2 Å². The number of carbonyl (C=O) groups excluding carboxylic acids is 1. The topological polar surface area (TPSA) is 63.2 Å². The number of rotatable bonds is 10. The summed E-state index contributed by atoms with van der Waals surface area (Å²) in [5.41, 5.74) is 0. The van der Waals surface area contributed by atoms with Crippen LogP contribution in [0.25, 0.3) is 0 Å². The highest BCUT2D eigenvalue weighted by molar-refractivity contribution is 6.75. The quantitative estimate of drug-likeness (QED) is 0.132. The summed E-state index contributed by atoms with van der Waals surface area (Å²) >= 11 is 0. The summed E-state index contributed by atoms with van der Waals surface area (Å²) in [6.45, 7) is 45.5. The zero-order valence-corrected chi connectivity index (χ0v) is 35.1. The van der Waals surface area contributed by atoms with E-state index in [-0.39, 0.29) is 20.2 Å². The van der Waals surface area contributed by atoms with Gasteiger partial charge in [0.25, 0.3) is 0 Å². The summed E-state index contributed by atoms with van der Waals surface area (Å²) in [4.78, 5) is 12.0. The zero-order valence-electron chi connectivity index (χ0n) is 31.1. The van der Waals surface area contributed by atoms with Crippen molar-refractivity contribution in [2.45, 2.75) is 180 Å². The molecule has 0 aromatic heterocycles. The molecule has 0 N–H and O–H groups in total. The fraction of sp³-hybridized carbons (Fsp3) is 0.906. The first kappa shape index (κ1) is 39.9. The van der Waals surface area contributed by atoms with Crippen LogP contribution in [0, 0.1) is 0 Å². The van der Waals surface area contributed by atoms with Crippen LogP contribution >= 0.6 is 0 Å². The molecule has 0 aromatic rings. The van der Waals surface area contributed by atoms with Crippen molar-refractivity contribution in [2.75, 3.05) is 6.61 Å². The summed E-state index contributed by atoms with van der Waals surface area (Å²) in [5, 5.41) is -0.0487. The molecule has 0 unspecified atom stereocenters. The molecule has 1 saturated heterocycles. The van der Waals surface area contributed by atoms with E-state index < -0.39 is 57.7 Å². The molecular formula is C32H68O6Si4. The zero-order chi connectivity index (χ0) is 33.5. The van der Waals surface area contributed by atoms with Crippen LogP contribution < -0.4 is 0 Å². The van der Waals surface area contributed by atoms with Gasteiger partial charge < -0.3 is 22.4 Å². The van der Waals surface area contributed by atoms with E-state index in [1.807, 2.05) is 0 Å². The van der Waals surface area contributed by atoms with Gasteiger partial charge in [-0.05, 0) is 72.5 Å². The van der Waals surface area contributed by atoms with E-state index in [1.165, 1.54) is 6.08 Å². The predicted octanol–water partition coefficient (Wildman–Crippen LogP) is 9.66. The van der Waals surface area contributed by atoms with Crippen molar-refractivity contribution in [2.24, 2.45) is 0 Å². The van der Waals surface area contributed by atoms with Gasteiger partial charge in [0.15, 0.2) is 33.3 Å². The van der Waals surface area contributed by atoms with E-state index in [0.717, 1.165) is 6.29 Å². The average molecular weight is 661 g/mol. The molecule has 4 atom stereocenters. The summed E-state index contributed by atoms with van der Waals surface area (Å²) in [6, 6.07) is 0. The van der Waals surface area contributed by atoms with Crippen molar-refractivity contribution in [1.82, 2.24) is 0 Å². The number of ether oxygens (including phenoxy) is 1. The van der Waals surface area contributed by atoms with Gasteiger partial charge in [-0.25, -0.2) is 0 Å². The maximum Gasteiger partial charge on any atom is 0.193 e. The van der Waals surface area contributed by atoms with Gasteiger partial charge in [-0.3, -0.25) is 4.79 Å². The minimum Gasteiger partial charge on any atom is -0.487 e. The van der Waals surface area contributed by atoms with Crippen LogP contribution in [0.3, 0.4) is 0 Å². The maximum atomic E-state index is 12.0. The van der Waals surface area contributed by atoms with Gasteiger partial charge in [0.2, 0.25) is 0 Å². The smallest absolute Gasteiger partial charge is 0.193 e. The summed E-state index contributed by atoms with van der Waals surface area (Å²) < 4.78 is 35.3. The Morgan fingerprint density at radius 3 is 1.31 bits per heavy atom. The van der Waals surface area contributed by atoms with E-state index in [4.69, 9.17) is 22.4 Å². The summed E-state index contributed by atoms with van der Waals surface area (Å²) in [6.07, 6.45) is 0.492. The molecule has 1 heterocycles. The van der Waals surface area contributed by atoms with Gasteiger partial charge in [0, 0.05) is 6.08 Å². The fourth-order valence-electron chi connectivity index (χ4n) is 3.62. The second kappa shape index (κ2) is 13.0. The largest absolute Gasteiger partial charge is 0.487 e. The van der Waals surface area contributed by atoms with Crippen LogP contribution in [-0.4, -0.2) is 70.6 Å². The lowest BCUT2D eigenvalue weighted by Crippen LogP contribution is -2.65. The highest BCUT2D eigenvalue weighted by Gasteiger charge is 2.55. The van der Waals surface area contributed by atoms with Crippen LogP contribution in [0.4, 0.5) is 0 Å². The Hall–Kier alpha value is -0.0825. The Labute approximate surface area is 264 Å². The number of hydrogen-bond acceptors (Lipinski definition) is 6. The first-order valence-electron chi connectivity index (χ1n) is 15.8. The van der Waals surface area contributed by atoms with Gasteiger partial charge in [-0.1, -0.05) is 83.1 Å². The fourth-order valence-corrected chi connectivity index (χ4v) is 8.48. The van der Waals surface area contributed by atoms with Gasteiger partial charge in [0.05, 0.1) is 6.61 Å². The molecule has 0 aromatic carbocycles. The van der Waals surface area contributed by atoms with Gasteiger partial charge in [-0.15, -0.1) is 0 Å². The maximum absolute atomic E-state index is 12.0. The molecule has 10 heteroatoms. The number of aldehydes is 1. The number of hydrogen-bond donors (Lipinski definition) is 0. The Morgan fingerprint density at radius 1 is 0.595 bits per heavy atom. The van der Waals surface area contributed by atoms with Crippen molar-refractivity contribution in [3.63, 3.8) is 0 Å². The van der Waals surface area contributed by atoms with E-state index >= 15 is 0 Å². The SMILES string of the molecule is CC(C)(C)[Si](C)(C)OC[C@H]1O/C(=C\C=O)[C@H](O[Si](C)(C)C(C)(C)C)[C@@H](O[Si](C)(C)C(C)(C)C)[C@@H]1O[Si](C)(C)C(C)(C)C. The third kappa shape index (κ3) is 9.47. The lowest BCUT2D eigenvalue weighted by atomic mass is 9.98. The predicted molar refractivity (Wildman–Crippen MR) is 188 cm³/mol. The van der Waals surface area contributed by atoms with Crippen LogP contribution in [0.2, 0.25) is 72.5 Å². The first-order chi connectivity index (χ1) is 18.3. The summed E-state index contributed by atoms with van der Waals surface area (Å²) in [7, 11) is -9.04. The molecule has 0 radical (unpaired) electrons. The molecule has 0 bridgehead atoms. The number of carbonyl (C=O) groups is 1. The van der Waals surface area contributed by atoms with Crippen LogP contribution in [0.15, 0.2) is 11.8 Å². The second-order valence-electron chi connectivity index (χ2n) is 18.4. The standard InChI is InChI=1S/C32H68O6Si4/c1-29(2,3)39(13,14)34-23-25-27(37-41(17,18)31(7,8)9)28(38-42(19,20)32(10,11)12)26(24(35-25)21-22-33)36-40(15,16)30(4,5)6/h21-22,25-28H,23H2,1-20H3/b24-21-/t25-,26+,27-,28-/m1/s1. The molecule has 0 aliphatic carbocycles. The highest BCUT2D eigenvalue weighted by atomic mass is 28.4. The first-order valence-corrected chi connectivity index (χ1v) is 27.4. The van der Waals surface area contributed by atoms with Crippen LogP contribution in [0.1, 0.15) is 83.1 Å². The van der Waals surface area contributed by atoms with E-state index in [1.54, 1.807) is 0 Å². The third-order valence-corrected chi connectivity index (χ3v) is 28.8. The van der Waals surface area contributed by atoms with Crippen LogP contribution in [-0.2, 0) is 27.2 Å². The van der Waals surface area contributed by atoms with Crippen molar-refractivity contribution in [1.29, 1.82) is 0 Å². The van der Waals surface area contributed by atoms with Crippen molar-refractivity contribution in [3.8, 4) is 0 Å². The Balaban J connectivity index is 3.94. The highest BCUT2D eigenvalue weighted by Crippen LogP contribution is 2.47. The van der Waals surface area contributed by atoms with Gasteiger partial charge in [0.1, 0.15) is 36.5 Å². The third-order valence-electron chi connectivity index (χ3n) is 10.9. The summed E-state index contributed by atoms with van der Waals surface area (Å²) in [5.74, 6) is 0.525. The lowest BCUT2D eigenvalue weighted by molar-refractivity contribution is -0.150. The number of allylic oxidation sites excluding steroid dienone is 1. The Kier molecular flexibility index (Phi) is 12.3. The van der Waals surface area contributed by atoms with Gasteiger partial charge >= 0.3 is 0 Å². The van der Waals surface area contributed by atoms with Gasteiger partial charge in [-0.2, -0.15) is 0 Å². The molecule has 42 heavy (non-hydrogen) atoms. The van der Waals surface area contributed by atoms with E-state index in [9.17, 15) is 4.79 Å². The molecule has 0 amide bonds. The second-order valence-corrected chi connectivity index (χ2v) is 37.5. The van der Waals surface area contributed by atoms with Crippen molar-refractivity contribution in [3.05, 3.63) is 11.8 Å². The normalized spacial score (nSPS) is 25.0. The Bertz CT molecular complexity index is 946. The van der Waals surface area contributed by atoms with E-state index in [0.29, 0.717) is 12.4 Å². The monoisotopic (exact) mass is 660 g/mol. The van der Waals surface area contributed by atoms with Crippen LogP contribution in [0.5, 0.6) is 0 Å². The minimum atomic E-state index is -2.32. The minimum absolute atomic E-state index is 0.0198. The Morgan fingerprint density at radius 2 is 0.952 bits per heavy atom. The van der Waals surface area contributed by atoms with E-state index in [2.05, 4.69) is 135 Å². The van der Waals surface area contributed by atoms with Crippen molar-refractivity contribution >= 4 is 39.6 Å². The molecule has 6 nitrogen and oxygen atoms in total. The molecular weight excluding hydrogens is 593 g/mol. The molecule has 248 valence electrons. The molecule has 0 spiro atoms. The molecule has 0 saturated carbocycles. The molecule has 1 rings (SSSR count). The molecule has 1 aliphatic rings.